The molecule has 0 radical (unpaired) electrons. The van der Waals surface area contributed by atoms with Crippen LogP contribution in [0.15, 0.2) is 27.8 Å². The first-order valence-corrected chi connectivity index (χ1v) is 7.10. The molecule has 0 amide bonds. The van der Waals surface area contributed by atoms with Gasteiger partial charge in [-0.3, -0.25) is 0 Å². The molecule has 2 N–H and O–H groups in total. The van der Waals surface area contributed by atoms with Gasteiger partial charge >= 0.3 is 6.18 Å². The molecule has 0 spiro atoms. The summed E-state index contributed by atoms with van der Waals surface area (Å²) in [6.45, 7) is 1.73. The van der Waals surface area contributed by atoms with Crippen molar-refractivity contribution >= 4 is 22.9 Å². The maximum atomic E-state index is 12.6. The van der Waals surface area contributed by atoms with Crippen molar-refractivity contribution in [3.63, 3.8) is 0 Å². The van der Waals surface area contributed by atoms with Crippen molar-refractivity contribution in [2.45, 2.75) is 24.0 Å². The third-order valence-corrected chi connectivity index (χ3v) is 3.88. The van der Waals surface area contributed by atoms with Crippen molar-refractivity contribution in [3.8, 4) is 0 Å². The van der Waals surface area contributed by atoms with Crippen LogP contribution in [0.3, 0.4) is 0 Å². The van der Waals surface area contributed by atoms with E-state index in [1.807, 2.05) is 6.07 Å². The number of rotatable bonds is 3. The average Bonchev–Trinajstić information content (AvgIpc) is 2.98. The lowest BCUT2D eigenvalue weighted by Crippen LogP contribution is -2.21. The molecule has 3 aromatic rings. The highest BCUT2D eigenvalue weighted by Crippen LogP contribution is 2.31. The van der Waals surface area contributed by atoms with Gasteiger partial charge in [0.15, 0.2) is 11.5 Å². The molecule has 2 heterocycles. The van der Waals surface area contributed by atoms with E-state index < -0.39 is 12.0 Å². The van der Waals surface area contributed by atoms with E-state index in [1.165, 1.54) is 0 Å². The Bertz CT molecular complexity index is 826. The number of alkyl halides is 3. The van der Waals surface area contributed by atoms with E-state index in [4.69, 9.17) is 10.3 Å². The van der Waals surface area contributed by atoms with E-state index in [-0.39, 0.29) is 5.16 Å². The second-order valence-corrected chi connectivity index (χ2v) is 5.40. The Kier molecular flexibility index (Phi) is 3.47. The summed E-state index contributed by atoms with van der Waals surface area (Å²) in [6.07, 6.45) is -4.64. The van der Waals surface area contributed by atoms with Crippen LogP contribution in [0.25, 0.3) is 11.1 Å². The monoisotopic (exact) mass is 329 g/mol. The van der Waals surface area contributed by atoms with Gasteiger partial charge in [0, 0.05) is 12.7 Å². The van der Waals surface area contributed by atoms with Gasteiger partial charge in [0.1, 0.15) is 5.52 Å². The molecule has 1 aromatic carbocycles. The smallest absolute Gasteiger partial charge is 0.441 e. The van der Waals surface area contributed by atoms with Gasteiger partial charge in [-0.2, -0.15) is 13.2 Å². The first kappa shape index (κ1) is 14.7. The summed E-state index contributed by atoms with van der Waals surface area (Å²) in [5, 5.41) is 6.52. The highest BCUT2D eigenvalue weighted by molar-refractivity contribution is 7.98. The second-order valence-electron chi connectivity index (χ2n) is 4.46. The third-order valence-electron chi connectivity index (χ3n) is 2.88. The van der Waals surface area contributed by atoms with Gasteiger partial charge < -0.3 is 10.3 Å². The maximum absolute atomic E-state index is 12.6. The third kappa shape index (κ3) is 2.61. The maximum Gasteiger partial charge on any atom is 0.453 e. The predicted octanol–water partition coefficient (Wildman–Crippen LogP) is 2.75. The standard InChI is InChI=1S/C12H10F3N5OS/c1-6-17-9-7(3-2-4-8(9)21-6)5-22-11-19-18-10(20(11)16)12(13,14)15/h2-4H,5,16H2,1H3. The van der Waals surface area contributed by atoms with Crippen molar-refractivity contribution in [1.82, 2.24) is 19.9 Å². The van der Waals surface area contributed by atoms with Gasteiger partial charge in [0.05, 0.1) is 0 Å². The van der Waals surface area contributed by atoms with Gasteiger partial charge in [-0.05, 0) is 11.6 Å². The van der Waals surface area contributed by atoms with E-state index in [2.05, 4.69) is 15.2 Å². The minimum Gasteiger partial charge on any atom is -0.441 e. The molecule has 2 aromatic heterocycles. The van der Waals surface area contributed by atoms with Crippen molar-refractivity contribution in [2.75, 3.05) is 5.84 Å². The summed E-state index contributed by atoms with van der Waals surface area (Å²) in [7, 11) is 0. The summed E-state index contributed by atoms with van der Waals surface area (Å²) < 4.78 is 43.7. The van der Waals surface area contributed by atoms with Gasteiger partial charge in [0.2, 0.25) is 5.16 Å². The SMILES string of the molecule is Cc1nc2c(CSc3nnc(C(F)(F)F)n3N)cccc2o1. The zero-order chi connectivity index (χ0) is 15.9. The molecule has 22 heavy (non-hydrogen) atoms. The Balaban J connectivity index is 1.84. The summed E-state index contributed by atoms with van der Waals surface area (Å²) in [5.41, 5.74) is 2.11. The number of nitrogen functional groups attached to an aromatic ring is 1. The average molecular weight is 329 g/mol. The molecular formula is C12H10F3N5OS. The molecule has 3 rings (SSSR count). The van der Waals surface area contributed by atoms with Crippen LogP contribution in [0.5, 0.6) is 0 Å². The van der Waals surface area contributed by atoms with E-state index in [1.54, 1.807) is 19.1 Å². The van der Waals surface area contributed by atoms with Crippen LogP contribution < -0.4 is 5.84 Å². The van der Waals surface area contributed by atoms with Crippen molar-refractivity contribution in [3.05, 3.63) is 35.5 Å². The largest absolute Gasteiger partial charge is 0.453 e. The quantitative estimate of drug-likeness (QED) is 0.588. The predicted molar refractivity (Wildman–Crippen MR) is 73.5 cm³/mol. The summed E-state index contributed by atoms with van der Waals surface area (Å²) in [6, 6.07) is 5.38. The number of halogens is 3. The summed E-state index contributed by atoms with van der Waals surface area (Å²) in [5.74, 6) is 5.02. The number of fused-ring (bicyclic) bond motifs is 1. The van der Waals surface area contributed by atoms with Gasteiger partial charge in [0.25, 0.3) is 5.82 Å². The van der Waals surface area contributed by atoms with Gasteiger partial charge in [-0.1, -0.05) is 23.9 Å². The van der Waals surface area contributed by atoms with E-state index in [9.17, 15) is 13.2 Å². The van der Waals surface area contributed by atoms with Crippen molar-refractivity contribution in [2.24, 2.45) is 0 Å². The lowest BCUT2D eigenvalue weighted by atomic mass is 10.2. The number of nitrogens with two attached hydrogens (primary N) is 1. The highest BCUT2D eigenvalue weighted by Gasteiger charge is 2.38. The van der Waals surface area contributed by atoms with Crippen LogP contribution in [0.2, 0.25) is 0 Å². The number of hydrogen-bond donors (Lipinski definition) is 1. The van der Waals surface area contributed by atoms with E-state index in [0.717, 1.165) is 17.3 Å². The van der Waals surface area contributed by atoms with Gasteiger partial charge in [-0.15, -0.1) is 10.2 Å². The first-order valence-electron chi connectivity index (χ1n) is 6.12. The summed E-state index contributed by atoms with van der Waals surface area (Å²) in [4.78, 5) is 4.26. The van der Waals surface area contributed by atoms with Crippen molar-refractivity contribution in [1.29, 1.82) is 0 Å². The fraction of sp³-hybridized carbons (Fsp3) is 0.250. The number of oxazole rings is 1. The lowest BCUT2D eigenvalue weighted by Gasteiger charge is -2.06. The minimum atomic E-state index is -4.64. The van der Waals surface area contributed by atoms with Crippen LogP contribution in [0.4, 0.5) is 13.2 Å². The van der Waals surface area contributed by atoms with E-state index in [0.29, 0.717) is 27.4 Å². The molecule has 0 bridgehead atoms. The van der Waals surface area contributed by atoms with Crippen LogP contribution in [0, 0.1) is 6.92 Å². The molecule has 0 saturated carbocycles. The normalized spacial score (nSPS) is 12.2. The first-order chi connectivity index (χ1) is 10.4. The molecule has 6 nitrogen and oxygen atoms in total. The van der Waals surface area contributed by atoms with Crippen LogP contribution in [-0.2, 0) is 11.9 Å². The number of benzene rings is 1. The highest BCUT2D eigenvalue weighted by atomic mass is 32.2. The molecule has 0 fully saturated rings. The lowest BCUT2D eigenvalue weighted by molar-refractivity contribution is -0.146. The number of aryl methyl sites for hydroxylation is 1. The number of aromatic nitrogens is 4. The van der Waals surface area contributed by atoms with Crippen LogP contribution in [0.1, 0.15) is 17.3 Å². The zero-order valence-corrected chi connectivity index (χ0v) is 12.1. The molecule has 0 aliphatic carbocycles. The van der Waals surface area contributed by atoms with Crippen LogP contribution in [-0.4, -0.2) is 19.9 Å². The van der Waals surface area contributed by atoms with Gasteiger partial charge in [-0.25, -0.2) is 9.66 Å². The number of nitrogens with zero attached hydrogens (tertiary/aromatic N) is 4. The molecular weight excluding hydrogens is 319 g/mol. The fourth-order valence-corrected chi connectivity index (χ4v) is 2.79. The minimum absolute atomic E-state index is 0.0236. The molecule has 0 aliphatic heterocycles. The molecule has 0 unspecified atom stereocenters. The molecule has 0 saturated heterocycles. The van der Waals surface area contributed by atoms with E-state index >= 15 is 0 Å². The number of hydrogen-bond acceptors (Lipinski definition) is 6. The Hall–Kier alpha value is -2.23. The Labute approximate surface area is 126 Å². The van der Waals surface area contributed by atoms with Crippen LogP contribution >= 0.6 is 11.8 Å². The number of thioether (sulfide) groups is 1. The molecule has 10 heteroatoms. The summed E-state index contributed by atoms with van der Waals surface area (Å²) >= 11 is 1.04. The second kappa shape index (κ2) is 5.20. The molecule has 116 valence electrons. The Morgan fingerprint density at radius 1 is 1.32 bits per heavy atom. The molecule has 0 atom stereocenters. The Morgan fingerprint density at radius 2 is 2.09 bits per heavy atom. The number of para-hydroxylation sites is 1. The van der Waals surface area contributed by atoms with Crippen molar-refractivity contribution < 1.29 is 17.6 Å². The Morgan fingerprint density at radius 3 is 2.77 bits per heavy atom. The fourth-order valence-electron chi connectivity index (χ4n) is 1.94. The molecule has 0 aliphatic rings. The topological polar surface area (TPSA) is 82.8 Å². The zero-order valence-electron chi connectivity index (χ0n) is 11.3.